The molecule has 0 aliphatic heterocycles. The number of fused-ring (bicyclic) bond motifs is 8. The highest BCUT2D eigenvalue weighted by Crippen LogP contribution is 2.42. The molecule has 0 aliphatic rings. The van der Waals surface area contributed by atoms with E-state index in [1.165, 1.54) is 38.1 Å². The van der Waals surface area contributed by atoms with Crippen LogP contribution in [0.1, 0.15) is 0 Å². The Morgan fingerprint density at radius 1 is 0.320 bits per heavy atom. The van der Waals surface area contributed by atoms with Gasteiger partial charge in [-0.05, 0) is 104 Å². The van der Waals surface area contributed by atoms with E-state index < -0.39 is 0 Å². The Morgan fingerprint density at radius 2 is 0.920 bits per heavy atom. The van der Waals surface area contributed by atoms with Crippen LogP contribution in [0.15, 0.2) is 192 Å². The fraction of sp³-hybridized carbons (Fsp3) is 0. The summed E-state index contributed by atoms with van der Waals surface area (Å²) in [5, 5.41) is 9.62. The lowest BCUT2D eigenvalue weighted by atomic mass is 9.95. The first-order valence-corrected chi connectivity index (χ1v) is 17.1. The van der Waals surface area contributed by atoms with Gasteiger partial charge in [0.25, 0.3) is 0 Å². The van der Waals surface area contributed by atoms with Crippen molar-refractivity contribution in [2.45, 2.75) is 0 Å². The average molecular weight is 638 g/mol. The van der Waals surface area contributed by atoms with E-state index in [0.29, 0.717) is 0 Å². The highest BCUT2D eigenvalue weighted by molar-refractivity contribution is 6.19. The molecular weight excluding hydrogens is 607 g/mol. The van der Waals surface area contributed by atoms with Crippen molar-refractivity contribution in [2.24, 2.45) is 0 Å². The summed E-state index contributed by atoms with van der Waals surface area (Å²) in [6.45, 7) is 0. The molecule has 0 bridgehead atoms. The van der Waals surface area contributed by atoms with Gasteiger partial charge in [-0.3, -0.25) is 0 Å². The number of para-hydroxylation sites is 1. The van der Waals surface area contributed by atoms with Crippen molar-refractivity contribution in [1.82, 2.24) is 0 Å². The van der Waals surface area contributed by atoms with Crippen LogP contribution in [-0.4, -0.2) is 0 Å². The standard InChI is InChI=1S/C48H31NO/c1-3-11-33(12-4-1)45-31-46-43-27-23-35(30-47(43)50-48(46)44-18-10-9-17-42(44)45)32-21-24-38(25-22-32)49(37-14-5-2-6-15-37)39-26-28-41-36(29-39)20-19-34-13-7-8-16-40(34)41/h1-31H. The maximum atomic E-state index is 6.65. The Bertz CT molecular complexity index is 2850. The summed E-state index contributed by atoms with van der Waals surface area (Å²) in [6.07, 6.45) is 0. The molecular formula is C48H31NO. The van der Waals surface area contributed by atoms with Crippen LogP contribution in [0.3, 0.4) is 0 Å². The predicted molar refractivity (Wildman–Crippen MR) is 212 cm³/mol. The quantitative estimate of drug-likeness (QED) is 0.175. The lowest BCUT2D eigenvalue weighted by Gasteiger charge is -2.26. The van der Waals surface area contributed by atoms with Gasteiger partial charge in [0.1, 0.15) is 11.2 Å². The van der Waals surface area contributed by atoms with Gasteiger partial charge in [-0.25, -0.2) is 0 Å². The fourth-order valence-corrected chi connectivity index (χ4v) is 7.60. The topological polar surface area (TPSA) is 16.4 Å². The van der Waals surface area contributed by atoms with Gasteiger partial charge in [-0.2, -0.15) is 0 Å². The maximum absolute atomic E-state index is 6.65. The molecule has 0 unspecified atom stereocenters. The van der Waals surface area contributed by atoms with Gasteiger partial charge in [0.05, 0.1) is 0 Å². The highest BCUT2D eigenvalue weighted by atomic mass is 16.3. The summed E-state index contributed by atoms with van der Waals surface area (Å²) in [7, 11) is 0. The SMILES string of the molecule is c1ccc(-c2cc3c4ccc(-c5ccc(N(c6ccccc6)c6ccc7c(ccc8ccccc87)c6)cc5)cc4oc3c3ccccc23)cc1. The summed E-state index contributed by atoms with van der Waals surface area (Å²) in [6, 6.07) is 67.4. The third kappa shape index (κ3) is 4.65. The molecule has 1 heterocycles. The molecule has 0 aliphatic carbocycles. The molecule has 0 saturated carbocycles. The Hall–Kier alpha value is -6.64. The molecule has 0 radical (unpaired) electrons. The molecule has 10 rings (SSSR count). The first-order chi connectivity index (χ1) is 24.8. The van der Waals surface area contributed by atoms with Gasteiger partial charge in [0.15, 0.2) is 0 Å². The molecule has 9 aromatic carbocycles. The van der Waals surface area contributed by atoms with Gasteiger partial charge in [0, 0.05) is 33.2 Å². The van der Waals surface area contributed by atoms with E-state index in [0.717, 1.165) is 55.5 Å². The molecule has 1 aromatic heterocycles. The Labute approximate surface area is 290 Å². The van der Waals surface area contributed by atoms with Crippen LogP contribution in [0.4, 0.5) is 17.1 Å². The summed E-state index contributed by atoms with van der Waals surface area (Å²) in [4.78, 5) is 2.33. The molecule has 2 nitrogen and oxygen atoms in total. The third-order valence-electron chi connectivity index (χ3n) is 10.0. The van der Waals surface area contributed by atoms with E-state index in [4.69, 9.17) is 4.42 Å². The molecule has 0 N–H and O–H groups in total. The minimum absolute atomic E-state index is 0.895. The summed E-state index contributed by atoms with van der Waals surface area (Å²) in [5.74, 6) is 0. The van der Waals surface area contributed by atoms with E-state index in [9.17, 15) is 0 Å². The van der Waals surface area contributed by atoms with Crippen LogP contribution in [-0.2, 0) is 0 Å². The second-order valence-electron chi connectivity index (χ2n) is 12.9. The largest absolute Gasteiger partial charge is 0.455 e. The van der Waals surface area contributed by atoms with Crippen LogP contribution in [0, 0.1) is 0 Å². The number of anilines is 3. The van der Waals surface area contributed by atoms with Gasteiger partial charge in [-0.15, -0.1) is 0 Å². The average Bonchev–Trinajstić information content (AvgIpc) is 3.57. The molecule has 234 valence electrons. The summed E-state index contributed by atoms with van der Waals surface area (Å²) in [5.41, 5.74) is 9.87. The van der Waals surface area contributed by atoms with Crippen molar-refractivity contribution in [3.8, 4) is 22.3 Å². The van der Waals surface area contributed by atoms with Gasteiger partial charge < -0.3 is 9.32 Å². The second kappa shape index (κ2) is 11.5. The second-order valence-corrected chi connectivity index (χ2v) is 12.9. The van der Waals surface area contributed by atoms with E-state index in [1.54, 1.807) is 0 Å². The van der Waals surface area contributed by atoms with Crippen molar-refractivity contribution >= 4 is 71.3 Å². The Kier molecular flexibility index (Phi) is 6.53. The third-order valence-corrected chi connectivity index (χ3v) is 10.0. The lowest BCUT2D eigenvalue weighted by Crippen LogP contribution is -2.09. The molecule has 0 fully saturated rings. The van der Waals surface area contributed by atoms with Crippen molar-refractivity contribution < 1.29 is 4.42 Å². The Balaban J connectivity index is 1.05. The number of hydrogen-bond acceptors (Lipinski definition) is 2. The number of hydrogen-bond donors (Lipinski definition) is 0. The van der Waals surface area contributed by atoms with E-state index in [-0.39, 0.29) is 0 Å². The van der Waals surface area contributed by atoms with Crippen molar-refractivity contribution in [2.75, 3.05) is 4.90 Å². The lowest BCUT2D eigenvalue weighted by molar-refractivity contribution is 0.673. The van der Waals surface area contributed by atoms with E-state index in [2.05, 4.69) is 193 Å². The Morgan fingerprint density at radius 3 is 1.74 bits per heavy atom. The minimum Gasteiger partial charge on any atom is -0.455 e. The molecule has 10 aromatic rings. The van der Waals surface area contributed by atoms with Crippen LogP contribution in [0.2, 0.25) is 0 Å². The zero-order valence-corrected chi connectivity index (χ0v) is 27.3. The van der Waals surface area contributed by atoms with E-state index >= 15 is 0 Å². The fourth-order valence-electron chi connectivity index (χ4n) is 7.60. The zero-order chi connectivity index (χ0) is 33.0. The highest BCUT2D eigenvalue weighted by Gasteiger charge is 2.17. The summed E-state index contributed by atoms with van der Waals surface area (Å²) < 4.78 is 6.65. The van der Waals surface area contributed by atoms with Gasteiger partial charge in [0.2, 0.25) is 0 Å². The van der Waals surface area contributed by atoms with Crippen LogP contribution >= 0.6 is 0 Å². The zero-order valence-electron chi connectivity index (χ0n) is 27.3. The molecule has 0 amide bonds. The number of benzene rings is 9. The molecule has 2 heteroatoms. The summed E-state index contributed by atoms with van der Waals surface area (Å²) >= 11 is 0. The van der Waals surface area contributed by atoms with Crippen molar-refractivity contribution in [3.05, 3.63) is 188 Å². The van der Waals surface area contributed by atoms with Gasteiger partial charge in [-0.1, -0.05) is 133 Å². The monoisotopic (exact) mass is 637 g/mol. The molecule has 50 heavy (non-hydrogen) atoms. The van der Waals surface area contributed by atoms with Crippen molar-refractivity contribution in [1.29, 1.82) is 0 Å². The number of furan rings is 1. The molecule has 0 saturated heterocycles. The van der Waals surface area contributed by atoms with Crippen LogP contribution in [0.25, 0.3) is 76.5 Å². The molecule has 0 spiro atoms. The van der Waals surface area contributed by atoms with Crippen LogP contribution in [0.5, 0.6) is 0 Å². The normalized spacial score (nSPS) is 11.6. The number of rotatable bonds is 5. The van der Waals surface area contributed by atoms with Crippen molar-refractivity contribution in [3.63, 3.8) is 0 Å². The maximum Gasteiger partial charge on any atom is 0.143 e. The molecule has 0 atom stereocenters. The minimum atomic E-state index is 0.895. The predicted octanol–water partition coefficient (Wildman–Crippen LogP) is 13.8. The first kappa shape index (κ1) is 28.4. The van der Waals surface area contributed by atoms with Gasteiger partial charge >= 0.3 is 0 Å². The van der Waals surface area contributed by atoms with Crippen LogP contribution < -0.4 is 4.90 Å². The smallest absolute Gasteiger partial charge is 0.143 e. The van der Waals surface area contributed by atoms with E-state index in [1.807, 2.05) is 0 Å². The number of nitrogens with zero attached hydrogens (tertiary/aromatic N) is 1. The first-order valence-electron chi connectivity index (χ1n) is 17.1.